The van der Waals surface area contributed by atoms with Crippen LogP contribution in [0, 0.1) is 0 Å². The van der Waals surface area contributed by atoms with Crippen LogP contribution in [0.4, 0.5) is 0 Å². The van der Waals surface area contributed by atoms with Crippen LogP contribution in [0.15, 0.2) is 42.0 Å². The van der Waals surface area contributed by atoms with Crippen LogP contribution >= 0.6 is 22.9 Å². The number of thiazole rings is 1. The average molecular weight is 440 g/mol. The number of hydrogen-bond donors (Lipinski definition) is 0. The SMILES string of the molecule is CN1CCN(CCn2nc(-c3ccccc3)c3c(Cl)c(-c4cncs4)nnc32)CC1. The Morgan fingerprint density at radius 1 is 1.00 bits per heavy atom. The van der Waals surface area contributed by atoms with Crippen LogP contribution < -0.4 is 0 Å². The zero-order chi connectivity index (χ0) is 20.5. The van der Waals surface area contributed by atoms with E-state index >= 15 is 0 Å². The lowest BCUT2D eigenvalue weighted by Crippen LogP contribution is -2.45. The molecule has 4 aromatic rings. The van der Waals surface area contributed by atoms with Crippen molar-refractivity contribution in [3.63, 3.8) is 0 Å². The summed E-state index contributed by atoms with van der Waals surface area (Å²) in [7, 11) is 2.17. The van der Waals surface area contributed by atoms with Crippen molar-refractivity contribution < 1.29 is 0 Å². The number of rotatable bonds is 5. The Balaban J connectivity index is 1.55. The van der Waals surface area contributed by atoms with Crippen LogP contribution in [0.2, 0.25) is 5.02 Å². The topological polar surface area (TPSA) is 63.0 Å². The monoisotopic (exact) mass is 439 g/mol. The molecule has 1 aliphatic rings. The van der Waals surface area contributed by atoms with Crippen LogP contribution in [-0.2, 0) is 6.54 Å². The summed E-state index contributed by atoms with van der Waals surface area (Å²) in [5, 5.41) is 15.3. The molecule has 9 heteroatoms. The summed E-state index contributed by atoms with van der Waals surface area (Å²) in [5.74, 6) is 0. The van der Waals surface area contributed by atoms with Crippen molar-refractivity contribution in [2.24, 2.45) is 0 Å². The molecule has 1 aromatic carbocycles. The molecule has 3 aromatic heterocycles. The van der Waals surface area contributed by atoms with E-state index in [1.807, 2.05) is 22.9 Å². The molecular weight excluding hydrogens is 418 g/mol. The Hall–Kier alpha value is -2.39. The molecule has 1 saturated heterocycles. The second-order valence-electron chi connectivity index (χ2n) is 7.51. The van der Waals surface area contributed by atoms with Gasteiger partial charge < -0.3 is 4.90 Å². The average Bonchev–Trinajstić information content (AvgIpc) is 3.43. The summed E-state index contributed by atoms with van der Waals surface area (Å²) < 4.78 is 1.95. The van der Waals surface area contributed by atoms with Gasteiger partial charge in [-0.15, -0.1) is 21.5 Å². The lowest BCUT2D eigenvalue weighted by atomic mass is 10.1. The van der Waals surface area contributed by atoms with E-state index in [1.54, 1.807) is 11.7 Å². The number of nitrogens with zero attached hydrogens (tertiary/aromatic N) is 7. The highest BCUT2D eigenvalue weighted by Crippen LogP contribution is 2.38. The third kappa shape index (κ3) is 3.72. The molecule has 0 bridgehead atoms. The number of benzene rings is 1. The van der Waals surface area contributed by atoms with Crippen LogP contribution in [0.5, 0.6) is 0 Å². The molecule has 1 aliphatic heterocycles. The van der Waals surface area contributed by atoms with Gasteiger partial charge in [-0.3, -0.25) is 9.88 Å². The summed E-state index contributed by atoms with van der Waals surface area (Å²) in [4.78, 5) is 9.89. The van der Waals surface area contributed by atoms with Crippen LogP contribution in [0.3, 0.4) is 0 Å². The van der Waals surface area contributed by atoms with Gasteiger partial charge in [0.15, 0.2) is 5.65 Å². The Bertz CT molecular complexity index is 1140. The van der Waals surface area contributed by atoms with Crippen molar-refractivity contribution in [3.8, 4) is 21.8 Å². The van der Waals surface area contributed by atoms with E-state index in [2.05, 4.69) is 44.2 Å². The lowest BCUT2D eigenvalue weighted by Gasteiger charge is -2.32. The van der Waals surface area contributed by atoms with Crippen molar-refractivity contribution in [2.45, 2.75) is 6.54 Å². The van der Waals surface area contributed by atoms with E-state index in [9.17, 15) is 0 Å². The Morgan fingerprint density at radius 3 is 2.53 bits per heavy atom. The molecular formula is C21H22ClN7S. The van der Waals surface area contributed by atoms with Crippen molar-refractivity contribution in [3.05, 3.63) is 47.1 Å². The second kappa shape index (κ2) is 8.39. The van der Waals surface area contributed by atoms with E-state index in [1.165, 1.54) is 11.3 Å². The Labute approximate surface area is 183 Å². The molecule has 154 valence electrons. The molecule has 7 nitrogen and oxygen atoms in total. The Morgan fingerprint density at radius 2 is 1.80 bits per heavy atom. The van der Waals surface area contributed by atoms with E-state index in [0.29, 0.717) is 10.7 Å². The summed E-state index contributed by atoms with van der Waals surface area (Å²) in [5.41, 5.74) is 5.01. The molecule has 4 heterocycles. The van der Waals surface area contributed by atoms with Gasteiger partial charge >= 0.3 is 0 Å². The van der Waals surface area contributed by atoms with Crippen LogP contribution in [0.1, 0.15) is 0 Å². The fourth-order valence-electron chi connectivity index (χ4n) is 3.77. The molecule has 0 saturated carbocycles. The van der Waals surface area contributed by atoms with Gasteiger partial charge in [0.1, 0.15) is 11.4 Å². The summed E-state index contributed by atoms with van der Waals surface area (Å²) in [6.45, 7) is 6.01. The molecule has 0 atom stereocenters. The molecule has 0 unspecified atom stereocenters. The third-order valence-corrected chi connectivity index (χ3v) is 6.68. The van der Waals surface area contributed by atoms with Gasteiger partial charge in [-0.05, 0) is 7.05 Å². The zero-order valence-corrected chi connectivity index (χ0v) is 18.3. The maximum atomic E-state index is 6.87. The predicted octanol–water partition coefficient (Wildman–Crippen LogP) is 3.52. The first-order valence-corrected chi connectivity index (χ1v) is 11.2. The smallest absolute Gasteiger partial charge is 0.182 e. The number of hydrogen-bond acceptors (Lipinski definition) is 7. The molecule has 0 N–H and O–H groups in total. The van der Waals surface area contributed by atoms with Gasteiger partial charge in [-0.1, -0.05) is 41.9 Å². The number of halogens is 1. The van der Waals surface area contributed by atoms with Crippen molar-refractivity contribution in [1.29, 1.82) is 0 Å². The normalized spacial score (nSPS) is 15.8. The van der Waals surface area contributed by atoms with E-state index in [0.717, 1.165) is 66.4 Å². The minimum Gasteiger partial charge on any atom is -0.304 e. The number of likely N-dealkylation sites (N-methyl/N-ethyl adjacent to an activating group) is 1. The highest BCUT2D eigenvalue weighted by molar-refractivity contribution is 7.13. The van der Waals surface area contributed by atoms with Gasteiger partial charge in [-0.2, -0.15) is 5.10 Å². The number of fused-ring (bicyclic) bond motifs is 1. The van der Waals surface area contributed by atoms with Gasteiger partial charge in [-0.25, -0.2) is 4.68 Å². The molecule has 0 spiro atoms. The summed E-state index contributed by atoms with van der Waals surface area (Å²) in [6.07, 6.45) is 1.77. The lowest BCUT2D eigenvalue weighted by molar-refractivity contribution is 0.149. The van der Waals surface area contributed by atoms with Crippen LogP contribution in [-0.4, -0.2) is 74.5 Å². The fourth-order valence-corrected chi connectivity index (χ4v) is 4.75. The minimum absolute atomic E-state index is 0.578. The maximum absolute atomic E-state index is 6.87. The van der Waals surface area contributed by atoms with E-state index < -0.39 is 0 Å². The minimum atomic E-state index is 0.578. The third-order valence-electron chi connectivity index (χ3n) is 5.53. The Kier molecular flexibility index (Phi) is 5.47. The van der Waals surface area contributed by atoms with Crippen molar-refractivity contribution >= 4 is 34.0 Å². The van der Waals surface area contributed by atoms with Crippen molar-refractivity contribution in [2.75, 3.05) is 39.8 Å². The molecule has 5 rings (SSSR count). The fraction of sp³-hybridized carbons (Fsp3) is 0.333. The second-order valence-corrected chi connectivity index (χ2v) is 8.77. The van der Waals surface area contributed by atoms with E-state index in [4.69, 9.17) is 16.7 Å². The van der Waals surface area contributed by atoms with Gasteiger partial charge in [0.2, 0.25) is 0 Å². The molecule has 0 aliphatic carbocycles. The van der Waals surface area contributed by atoms with Gasteiger partial charge in [0.25, 0.3) is 0 Å². The standard InChI is InChI=1S/C21H22ClN7S/c1-27-7-9-28(10-8-27)11-12-29-21-17(19(26-29)15-5-3-2-4-6-15)18(22)20(24-25-21)16-13-23-14-30-16/h2-6,13-14H,7-12H2,1H3. The first-order valence-electron chi connectivity index (χ1n) is 9.98. The maximum Gasteiger partial charge on any atom is 0.182 e. The first kappa shape index (κ1) is 19.6. The predicted molar refractivity (Wildman–Crippen MR) is 121 cm³/mol. The first-order chi connectivity index (χ1) is 14.7. The highest BCUT2D eigenvalue weighted by atomic mass is 35.5. The number of aromatic nitrogens is 5. The molecule has 0 amide bonds. The van der Waals surface area contributed by atoms with E-state index in [-0.39, 0.29) is 0 Å². The largest absolute Gasteiger partial charge is 0.304 e. The van der Waals surface area contributed by atoms with Crippen molar-refractivity contribution in [1.82, 2.24) is 34.8 Å². The summed E-state index contributed by atoms with van der Waals surface area (Å²) >= 11 is 8.37. The quantitative estimate of drug-likeness (QED) is 0.474. The molecule has 30 heavy (non-hydrogen) atoms. The highest BCUT2D eigenvalue weighted by Gasteiger charge is 2.22. The van der Waals surface area contributed by atoms with Gasteiger partial charge in [0, 0.05) is 44.5 Å². The number of piperazine rings is 1. The molecule has 0 radical (unpaired) electrons. The summed E-state index contributed by atoms with van der Waals surface area (Å²) in [6, 6.07) is 10.1. The van der Waals surface area contributed by atoms with Gasteiger partial charge in [0.05, 0.1) is 27.3 Å². The molecule has 1 fully saturated rings. The van der Waals surface area contributed by atoms with Crippen LogP contribution in [0.25, 0.3) is 32.9 Å². The zero-order valence-electron chi connectivity index (χ0n) is 16.7.